The van der Waals surface area contributed by atoms with Gasteiger partial charge < -0.3 is 5.32 Å². The number of benzene rings is 2. The van der Waals surface area contributed by atoms with Gasteiger partial charge in [0.2, 0.25) is 0 Å². The molecule has 0 fully saturated rings. The topological polar surface area (TPSA) is 62.3 Å². The molecule has 0 atom stereocenters. The van der Waals surface area contributed by atoms with Gasteiger partial charge >= 0.3 is 0 Å². The number of aromatic nitrogens is 1. The second-order valence-corrected chi connectivity index (χ2v) is 7.71. The van der Waals surface area contributed by atoms with Gasteiger partial charge in [0.05, 0.1) is 12.1 Å². The van der Waals surface area contributed by atoms with Crippen LogP contribution in [0, 0.1) is 5.82 Å². The van der Waals surface area contributed by atoms with Crippen LogP contribution in [0.4, 0.5) is 10.1 Å². The lowest BCUT2D eigenvalue weighted by atomic mass is 10.0. The highest BCUT2D eigenvalue weighted by Gasteiger charge is 2.39. The van der Waals surface area contributed by atoms with Gasteiger partial charge in [-0.2, -0.15) is 0 Å². The summed E-state index contributed by atoms with van der Waals surface area (Å²) in [6.45, 7) is 4.34. The van der Waals surface area contributed by atoms with Crippen LogP contribution < -0.4 is 5.32 Å². The van der Waals surface area contributed by atoms with Crippen molar-refractivity contribution in [2.24, 2.45) is 0 Å². The number of nitrogens with one attached hydrogen (secondary N) is 1. The molecule has 6 heteroatoms. The summed E-state index contributed by atoms with van der Waals surface area (Å²) >= 11 is 0. The predicted molar refractivity (Wildman–Crippen MR) is 117 cm³/mol. The van der Waals surface area contributed by atoms with Gasteiger partial charge in [0, 0.05) is 18.1 Å². The molecular formula is C25H22FN3O2. The smallest absolute Gasteiger partial charge is 0.278 e. The van der Waals surface area contributed by atoms with Crippen molar-refractivity contribution in [2.75, 3.05) is 5.32 Å². The first-order chi connectivity index (χ1) is 14.9. The fourth-order valence-corrected chi connectivity index (χ4v) is 3.49. The molecule has 5 nitrogen and oxygen atoms in total. The lowest BCUT2D eigenvalue weighted by Gasteiger charge is -2.15. The van der Waals surface area contributed by atoms with Crippen molar-refractivity contribution in [1.82, 2.24) is 9.88 Å². The van der Waals surface area contributed by atoms with E-state index in [0.717, 1.165) is 5.56 Å². The Morgan fingerprint density at radius 2 is 1.55 bits per heavy atom. The minimum absolute atomic E-state index is 0.127. The number of hydrogen-bond donors (Lipinski definition) is 1. The number of carbonyl (C=O) groups excluding carboxylic acids is 2. The zero-order valence-electron chi connectivity index (χ0n) is 17.3. The number of amides is 2. The van der Waals surface area contributed by atoms with Crippen molar-refractivity contribution in [3.8, 4) is 0 Å². The summed E-state index contributed by atoms with van der Waals surface area (Å²) < 4.78 is 13.5. The molecule has 1 aliphatic heterocycles. The SMILES string of the molecule is CC(C)c1ccc(NC2=C(c3ccc(F)cc3)C(=O)N(Cc3ccncc3)C2=O)cc1. The van der Waals surface area contributed by atoms with Gasteiger partial charge in [-0.15, -0.1) is 0 Å². The van der Waals surface area contributed by atoms with Crippen LogP contribution in [0.25, 0.3) is 5.57 Å². The highest BCUT2D eigenvalue weighted by Crippen LogP contribution is 2.32. The molecule has 1 aliphatic rings. The number of imide groups is 1. The summed E-state index contributed by atoms with van der Waals surface area (Å²) in [5, 5.41) is 3.13. The summed E-state index contributed by atoms with van der Waals surface area (Å²) in [4.78, 5) is 31.7. The minimum atomic E-state index is -0.422. The molecule has 31 heavy (non-hydrogen) atoms. The van der Waals surface area contributed by atoms with Crippen molar-refractivity contribution in [1.29, 1.82) is 0 Å². The molecule has 2 amide bonds. The van der Waals surface area contributed by atoms with E-state index < -0.39 is 17.6 Å². The van der Waals surface area contributed by atoms with Gasteiger partial charge in [-0.1, -0.05) is 38.1 Å². The molecule has 0 bridgehead atoms. The van der Waals surface area contributed by atoms with Crippen LogP contribution in [0.3, 0.4) is 0 Å². The Kier molecular flexibility index (Phi) is 5.62. The van der Waals surface area contributed by atoms with E-state index in [-0.39, 0.29) is 17.8 Å². The van der Waals surface area contributed by atoms with E-state index in [1.165, 1.54) is 34.7 Å². The third-order valence-corrected chi connectivity index (χ3v) is 5.24. The van der Waals surface area contributed by atoms with Gasteiger partial charge in [-0.25, -0.2) is 4.39 Å². The number of rotatable bonds is 6. The summed E-state index contributed by atoms with van der Waals surface area (Å²) in [6, 6.07) is 16.8. The number of pyridine rings is 1. The average Bonchev–Trinajstić information content (AvgIpc) is 3.00. The number of nitrogens with zero attached hydrogens (tertiary/aromatic N) is 2. The van der Waals surface area contributed by atoms with Crippen LogP contribution in [0.15, 0.2) is 78.8 Å². The molecule has 2 heterocycles. The molecule has 0 aliphatic carbocycles. The lowest BCUT2D eigenvalue weighted by Crippen LogP contribution is -2.32. The van der Waals surface area contributed by atoms with Crippen LogP contribution >= 0.6 is 0 Å². The van der Waals surface area contributed by atoms with Gasteiger partial charge in [0.1, 0.15) is 11.5 Å². The number of hydrogen-bond acceptors (Lipinski definition) is 4. The number of carbonyl (C=O) groups is 2. The fourth-order valence-electron chi connectivity index (χ4n) is 3.49. The first kappa shape index (κ1) is 20.5. The lowest BCUT2D eigenvalue weighted by molar-refractivity contribution is -0.137. The fraction of sp³-hybridized carbons (Fsp3) is 0.160. The van der Waals surface area contributed by atoms with E-state index >= 15 is 0 Å². The third kappa shape index (κ3) is 4.23. The minimum Gasteiger partial charge on any atom is -0.350 e. The van der Waals surface area contributed by atoms with Crippen LogP contribution in [0.5, 0.6) is 0 Å². The maximum absolute atomic E-state index is 13.5. The standard InChI is InChI=1S/C25H22FN3O2/c1-16(2)18-5-9-21(10-6-18)28-23-22(19-3-7-20(26)8-4-19)24(30)29(25(23)31)15-17-11-13-27-14-12-17/h3-14,16,28H,15H2,1-2H3. The summed E-state index contributed by atoms with van der Waals surface area (Å²) in [6.07, 6.45) is 3.23. The molecular weight excluding hydrogens is 393 g/mol. The second-order valence-electron chi connectivity index (χ2n) is 7.71. The van der Waals surface area contributed by atoms with E-state index in [1.54, 1.807) is 24.5 Å². The van der Waals surface area contributed by atoms with Crippen molar-refractivity contribution in [2.45, 2.75) is 26.3 Å². The highest BCUT2D eigenvalue weighted by atomic mass is 19.1. The maximum Gasteiger partial charge on any atom is 0.278 e. The molecule has 1 N–H and O–H groups in total. The van der Waals surface area contributed by atoms with Crippen molar-refractivity contribution >= 4 is 23.1 Å². The van der Waals surface area contributed by atoms with Gasteiger partial charge in [0.15, 0.2) is 0 Å². The quantitative estimate of drug-likeness (QED) is 0.591. The zero-order chi connectivity index (χ0) is 22.0. The highest BCUT2D eigenvalue weighted by molar-refractivity contribution is 6.36. The van der Waals surface area contributed by atoms with E-state index in [1.807, 2.05) is 24.3 Å². The van der Waals surface area contributed by atoms with Crippen LogP contribution in [0.1, 0.15) is 36.5 Å². The zero-order valence-corrected chi connectivity index (χ0v) is 17.3. The van der Waals surface area contributed by atoms with Crippen molar-refractivity contribution < 1.29 is 14.0 Å². The molecule has 156 valence electrons. The normalized spacial score (nSPS) is 14.0. The predicted octanol–water partition coefficient (Wildman–Crippen LogP) is 4.74. The van der Waals surface area contributed by atoms with Gasteiger partial charge in [0.25, 0.3) is 11.8 Å². The van der Waals surface area contributed by atoms with Crippen molar-refractivity contribution in [3.63, 3.8) is 0 Å². The third-order valence-electron chi connectivity index (χ3n) is 5.24. The molecule has 0 spiro atoms. The molecule has 4 rings (SSSR count). The Morgan fingerprint density at radius 1 is 0.903 bits per heavy atom. The molecule has 1 aromatic heterocycles. The average molecular weight is 415 g/mol. The Morgan fingerprint density at radius 3 is 2.16 bits per heavy atom. The first-order valence-electron chi connectivity index (χ1n) is 10.1. The Balaban J connectivity index is 1.71. The monoisotopic (exact) mass is 415 g/mol. The largest absolute Gasteiger partial charge is 0.350 e. The van der Waals surface area contributed by atoms with Gasteiger partial charge in [-0.3, -0.25) is 19.5 Å². The second kappa shape index (κ2) is 8.52. The Labute approximate surface area is 180 Å². The molecule has 0 unspecified atom stereocenters. The summed E-state index contributed by atoms with van der Waals surface area (Å²) in [5.74, 6) is -0.870. The van der Waals surface area contributed by atoms with Crippen molar-refractivity contribution in [3.05, 3.63) is 101 Å². The van der Waals surface area contributed by atoms with E-state index in [0.29, 0.717) is 17.2 Å². The van der Waals surface area contributed by atoms with E-state index in [4.69, 9.17) is 0 Å². The molecule has 2 aromatic carbocycles. The van der Waals surface area contributed by atoms with E-state index in [2.05, 4.69) is 24.1 Å². The van der Waals surface area contributed by atoms with Gasteiger partial charge in [-0.05, 0) is 59.0 Å². The van der Waals surface area contributed by atoms with Crippen LogP contribution in [0.2, 0.25) is 0 Å². The maximum atomic E-state index is 13.5. The van der Waals surface area contributed by atoms with E-state index in [9.17, 15) is 14.0 Å². The number of anilines is 1. The summed E-state index contributed by atoms with van der Waals surface area (Å²) in [5.41, 5.74) is 3.56. The summed E-state index contributed by atoms with van der Waals surface area (Å²) in [7, 11) is 0. The molecule has 3 aromatic rings. The molecule has 0 saturated carbocycles. The number of halogens is 1. The Hall–Kier alpha value is -3.80. The molecule has 0 saturated heterocycles. The van der Waals surface area contributed by atoms with Crippen LogP contribution in [-0.4, -0.2) is 21.7 Å². The molecule has 0 radical (unpaired) electrons. The Bertz CT molecular complexity index is 1140. The van der Waals surface area contributed by atoms with Crippen LogP contribution in [-0.2, 0) is 16.1 Å². The first-order valence-corrected chi connectivity index (χ1v) is 10.1.